The molecule has 0 aliphatic carbocycles. The van der Waals surface area contributed by atoms with Gasteiger partial charge in [-0.2, -0.15) is 0 Å². The van der Waals surface area contributed by atoms with Crippen LogP contribution in [0.1, 0.15) is 10.5 Å². The number of hydrogen-bond acceptors (Lipinski definition) is 1. The molecule has 1 aromatic carbocycles. The number of halogens is 2. The highest BCUT2D eigenvalue weighted by atomic mass is 127. The van der Waals surface area contributed by atoms with Crippen LogP contribution >= 0.6 is 34.2 Å². The molecule has 0 spiro atoms. The van der Waals surface area contributed by atoms with E-state index in [9.17, 15) is 4.79 Å². The van der Waals surface area contributed by atoms with Gasteiger partial charge in [0, 0.05) is 26.9 Å². The fourth-order valence-corrected chi connectivity index (χ4v) is 2.84. The first kappa shape index (κ1) is 12.4. The Balaban J connectivity index is 2.57. The van der Waals surface area contributed by atoms with Gasteiger partial charge in [0.25, 0.3) is 0 Å². The van der Waals surface area contributed by atoms with Gasteiger partial charge in [-0.3, -0.25) is 0 Å². The number of nitrogens with zero attached hydrogens (tertiary/aromatic N) is 1. The first-order valence-corrected chi connectivity index (χ1v) is 6.31. The first-order valence-electron chi connectivity index (χ1n) is 4.85. The van der Waals surface area contributed by atoms with E-state index in [0.717, 1.165) is 14.8 Å². The van der Waals surface area contributed by atoms with Crippen LogP contribution in [0.2, 0.25) is 5.02 Å². The third kappa shape index (κ3) is 2.32. The number of aromatic nitrogens is 1. The van der Waals surface area contributed by atoms with Gasteiger partial charge < -0.3 is 9.67 Å². The number of benzene rings is 1. The zero-order valence-corrected chi connectivity index (χ0v) is 11.9. The fraction of sp³-hybridized carbons (Fsp3) is 0.0833. The second-order valence-corrected chi connectivity index (χ2v) is 5.19. The lowest BCUT2D eigenvalue weighted by molar-refractivity contribution is 0.0687. The number of aromatic carboxylic acids is 1. The average Bonchev–Trinajstić information content (AvgIpc) is 2.60. The van der Waals surface area contributed by atoms with Crippen molar-refractivity contribution >= 4 is 40.2 Å². The first-order chi connectivity index (χ1) is 8.00. The molecule has 2 aromatic rings. The molecule has 2 rings (SSSR count). The van der Waals surface area contributed by atoms with Crippen molar-refractivity contribution in [2.75, 3.05) is 0 Å². The number of carboxylic acids is 1. The average molecular weight is 362 g/mol. The van der Waals surface area contributed by atoms with Crippen molar-refractivity contribution in [1.29, 1.82) is 0 Å². The van der Waals surface area contributed by atoms with Crippen molar-refractivity contribution in [3.05, 3.63) is 44.6 Å². The van der Waals surface area contributed by atoms with Crippen LogP contribution in [-0.4, -0.2) is 15.6 Å². The minimum Gasteiger partial charge on any atom is -0.477 e. The maximum absolute atomic E-state index is 11.0. The highest BCUT2D eigenvalue weighted by molar-refractivity contribution is 14.1. The van der Waals surface area contributed by atoms with Crippen molar-refractivity contribution in [2.45, 2.75) is 0 Å². The maximum Gasteiger partial charge on any atom is 0.352 e. The highest BCUT2D eigenvalue weighted by Crippen LogP contribution is 2.28. The summed E-state index contributed by atoms with van der Waals surface area (Å²) in [5.74, 6) is -0.928. The van der Waals surface area contributed by atoms with E-state index in [0.29, 0.717) is 5.02 Å². The molecule has 0 aliphatic heterocycles. The van der Waals surface area contributed by atoms with Crippen LogP contribution in [0.5, 0.6) is 0 Å². The monoisotopic (exact) mass is 361 g/mol. The molecule has 0 saturated heterocycles. The molecule has 17 heavy (non-hydrogen) atoms. The summed E-state index contributed by atoms with van der Waals surface area (Å²) in [4.78, 5) is 11.0. The van der Waals surface area contributed by atoms with Crippen molar-refractivity contribution in [2.24, 2.45) is 7.05 Å². The van der Waals surface area contributed by atoms with Gasteiger partial charge in [0.1, 0.15) is 5.69 Å². The van der Waals surface area contributed by atoms with Crippen LogP contribution in [0.15, 0.2) is 30.3 Å². The predicted octanol–water partition coefficient (Wildman–Crippen LogP) is 3.65. The highest BCUT2D eigenvalue weighted by Gasteiger charge is 2.13. The fourth-order valence-electron chi connectivity index (χ4n) is 1.69. The van der Waals surface area contributed by atoms with Gasteiger partial charge >= 0.3 is 5.97 Å². The molecule has 0 unspecified atom stereocenters. The summed E-state index contributed by atoms with van der Waals surface area (Å²) in [6.07, 6.45) is 0. The number of hydrogen-bond donors (Lipinski definition) is 1. The van der Waals surface area contributed by atoms with Crippen LogP contribution in [0.4, 0.5) is 0 Å². The van der Waals surface area contributed by atoms with Crippen LogP contribution in [0.3, 0.4) is 0 Å². The Morgan fingerprint density at radius 2 is 2.06 bits per heavy atom. The molecule has 5 heteroatoms. The zero-order valence-electron chi connectivity index (χ0n) is 8.95. The lowest BCUT2D eigenvalue weighted by Gasteiger charge is -2.08. The lowest BCUT2D eigenvalue weighted by Crippen LogP contribution is -2.05. The molecule has 1 aromatic heterocycles. The van der Waals surface area contributed by atoms with Gasteiger partial charge in [-0.15, -0.1) is 0 Å². The largest absolute Gasteiger partial charge is 0.477 e. The quantitative estimate of drug-likeness (QED) is 0.830. The molecular weight excluding hydrogens is 352 g/mol. The third-order valence-corrected chi connectivity index (χ3v) is 3.68. The minimum atomic E-state index is -0.928. The summed E-state index contributed by atoms with van der Waals surface area (Å²) >= 11 is 8.08. The molecule has 88 valence electrons. The van der Waals surface area contributed by atoms with Crippen LogP contribution in [-0.2, 0) is 7.05 Å². The number of carbonyl (C=O) groups is 1. The van der Waals surface area contributed by atoms with E-state index < -0.39 is 5.97 Å². The van der Waals surface area contributed by atoms with Gasteiger partial charge in [-0.1, -0.05) is 17.7 Å². The van der Waals surface area contributed by atoms with Crippen molar-refractivity contribution in [1.82, 2.24) is 4.57 Å². The molecule has 0 saturated carbocycles. The molecule has 3 nitrogen and oxygen atoms in total. The Hall–Kier alpha value is -1.01. The molecule has 0 radical (unpaired) electrons. The Morgan fingerprint density at radius 3 is 2.59 bits per heavy atom. The van der Waals surface area contributed by atoms with Crippen LogP contribution in [0.25, 0.3) is 11.3 Å². The normalized spacial score (nSPS) is 10.5. The van der Waals surface area contributed by atoms with E-state index in [2.05, 4.69) is 22.6 Å². The van der Waals surface area contributed by atoms with E-state index in [4.69, 9.17) is 16.7 Å². The molecule has 1 heterocycles. The second-order valence-electron chi connectivity index (χ2n) is 3.59. The van der Waals surface area contributed by atoms with Gasteiger partial charge in [0.15, 0.2) is 0 Å². The Labute approximate surface area is 117 Å². The predicted molar refractivity (Wildman–Crippen MR) is 75.5 cm³/mol. The smallest absolute Gasteiger partial charge is 0.352 e. The molecule has 1 N–H and O–H groups in total. The lowest BCUT2D eigenvalue weighted by atomic mass is 10.1. The number of carboxylic acid groups (broad SMARTS) is 1. The maximum atomic E-state index is 11.0. The van der Waals surface area contributed by atoms with E-state index in [1.807, 2.05) is 12.1 Å². The summed E-state index contributed by atoms with van der Waals surface area (Å²) < 4.78 is 2.65. The van der Waals surface area contributed by atoms with E-state index >= 15 is 0 Å². The van der Waals surface area contributed by atoms with E-state index in [-0.39, 0.29) is 5.69 Å². The van der Waals surface area contributed by atoms with Crippen molar-refractivity contribution < 1.29 is 9.90 Å². The van der Waals surface area contributed by atoms with Crippen LogP contribution in [0, 0.1) is 3.57 Å². The summed E-state index contributed by atoms with van der Waals surface area (Å²) in [7, 11) is 1.74. The Morgan fingerprint density at radius 1 is 1.35 bits per heavy atom. The van der Waals surface area contributed by atoms with Gasteiger partial charge in [0.05, 0.1) is 0 Å². The summed E-state index contributed by atoms with van der Waals surface area (Å²) in [6.45, 7) is 0. The molecule has 0 amide bonds. The van der Waals surface area contributed by atoms with Crippen molar-refractivity contribution in [3.63, 3.8) is 0 Å². The Kier molecular flexibility index (Phi) is 3.44. The summed E-state index contributed by atoms with van der Waals surface area (Å²) in [5, 5.41) is 9.67. The van der Waals surface area contributed by atoms with Crippen LogP contribution < -0.4 is 0 Å². The van der Waals surface area contributed by atoms with Crippen molar-refractivity contribution in [3.8, 4) is 11.3 Å². The van der Waals surface area contributed by atoms with Gasteiger partial charge in [-0.05, 0) is 46.9 Å². The van der Waals surface area contributed by atoms with E-state index in [1.54, 1.807) is 29.8 Å². The topological polar surface area (TPSA) is 42.2 Å². The van der Waals surface area contributed by atoms with Gasteiger partial charge in [0.2, 0.25) is 0 Å². The molecular formula is C12H9ClINO2. The molecule has 0 bridgehead atoms. The summed E-state index contributed by atoms with van der Waals surface area (Å²) in [6, 6.07) is 8.94. The summed E-state index contributed by atoms with van der Waals surface area (Å²) in [5.41, 5.74) is 2.11. The molecule has 0 fully saturated rings. The second kappa shape index (κ2) is 4.70. The molecule has 0 aliphatic rings. The standard InChI is InChI=1S/C12H9ClINO2/c1-15-10(4-5-11(15)12(16)17)8-3-2-7(13)6-9(8)14/h2-6H,1H3,(H,16,17). The number of rotatable bonds is 2. The minimum absolute atomic E-state index is 0.269. The molecule has 0 atom stereocenters. The third-order valence-electron chi connectivity index (χ3n) is 2.55. The SMILES string of the molecule is Cn1c(C(=O)O)ccc1-c1ccc(Cl)cc1I. The zero-order chi connectivity index (χ0) is 12.6. The van der Waals surface area contributed by atoms with E-state index in [1.165, 1.54) is 0 Å². The van der Waals surface area contributed by atoms with Gasteiger partial charge in [-0.25, -0.2) is 4.79 Å². The Bertz CT molecular complexity index is 592.